The Labute approximate surface area is 104 Å². The molecule has 0 aliphatic carbocycles. The first kappa shape index (κ1) is 11.3. The molecule has 2 nitrogen and oxygen atoms in total. The second-order valence-corrected chi connectivity index (χ2v) is 5.39. The Bertz CT molecular complexity index is 509. The van der Waals surface area contributed by atoms with Crippen molar-refractivity contribution in [3.8, 4) is 0 Å². The zero-order valence-corrected chi connectivity index (χ0v) is 10.4. The molecule has 1 N–H and O–H groups in total. The van der Waals surface area contributed by atoms with Crippen molar-refractivity contribution in [3.63, 3.8) is 0 Å². The van der Waals surface area contributed by atoms with E-state index in [1.54, 1.807) is 11.4 Å². The Hall–Kier alpha value is -1.20. The molecule has 1 aromatic heterocycles. The molecule has 0 atom stereocenters. The van der Waals surface area contributed by atoms with Crippen LogP contribution in [0.5, 0.6) is 0 Å². The van der Waals surface area contributed by atoms with E-state index in [9.17, 15) is 9.18 Å². The van der Waals surface area contributed by atoms with Gasteiger partial charge >= 0.3 is 0 Å². The average Bonchev–Trinajstić information content (AvgIpc) is 2.68. The van der Waals surface area contributed by atoms with Gasteiger partial charge in [-0.15, -0.1) is 11.3 Å². The standard InChI is InChI=1S/C11H7BrFNOS/c12-10-5-7(6-16-10)11(15)14-9-3-1-8(13)2-4-9/h1-6H,(H,14,15). The summed E-state index contributed by atoms with van der Waals surface area (Å²) in [6, 6.07) is 7.39. The second kappa shape index (κ2) is 4.76. The highest BCUT2D eigenvalue weighted by atomic mass is 79.9. The Morgan fingerprint density at radius 1 is 1.31 bits per heavy atom. The fourth-order valence-corrected chi connectivity index (χ4v) is 2.30. The number of anilines is 1. The van der Waals surface area contributed by atoms with Gasteiger partial charge in [-0.25, -0.2) is 4.39 Å². The van der Waals surface area contributed by atoms with Crippen LogP contribution in [0.3, 0.4) is 0 Å². The lowest BCUT2D eigenvalue weighted by atomic mass is 10.3. The summed E-state index contributed by atoms with van der Waals surface area (Å²) in [6.45, 7) is 0. The number of nitrogens with one attached hydrogen (secondary N) is 1. The molecule has 1 amide bonds. The molecule has 0 aliphatic heterocycles. The number of carbonyl (C=O) groups excluding carboxylic acids is 1. The SMILES string of the molecule is O=C(Nc1ccc(F)cc1)c1csc(Br)c1. The Morgan fingerprint density at radius 3 is 2.56 bits per heavy atom. The molecule has 0 aliphatic rings. The molecule has 0 unspecified atom stereocenters. The maximum Gasteiger partial charge on any atom is 0.256 e. The van der Waals surface area contributed by atoms with Crippen LogP contribution in [0.1, 0.15) is 10.4 Å². The van der Waals surface area contributed by atoms with Crippen molar-refractivity contribution in [2.75, 3.05) is 5.32 Å². The molecule has 0 saturated heterocycles. The molecule has 0 fully saturated rings. The van der Waals surface area contributed by atoms with Crippen LogP contribution >= 0.6 is 27.3 Å². The minimum Gasteiger partial charge on any atom is -0.322 e. The second-order valence-electron chi connectivity index (χ2n) is 3.10. The van der Waals surface area contributed by atoms with Gasteiger partial charge in [-0.05, 0) is 46.3 Å². The predicted octanol–water partition coefficient (Wildman–Crippen LogP) is 3.90. The summed E-state index contributed by atoms with van der Waals surface area (Å²) < 4.78 is 13.5. The van der Waals surface area contributed by atoms with Crippen LogP contribution in [-0.4, -0.2) is 5.91 Å². The van der Waals surface area contributed by atoms with Crippen LogP contribution in [0.25, 0.3) is 0 Å². The first-order valence-electron chi connectivity index (χ1n) is 4.46. The van der Waals surface area contributed by atoms with Crippen molar-refractivity contribution < 1.29 is 9.18 Å². The lowest BCUT2D eigenvalue weighted by Crippen LogP contribution is -2.10. The van der Waals surface area contributed by atoms with E-state index in [4.69, 9.17) is 0 Å². The number of halogens is 2. The van der Waals surface area contributed by atoms with Crippen LogP contribution in [0.4, 0.5) is 10.1 Å². The third kappa shape index (κ3) is 2.68. The molecular formula is C11H7BrFNOS. The largest absolute Gasteiger partial charge is 0.322 e. The number of thiophene rings is 1. The molecule has 0 radical (unpaired) electrons. The lowest BCUT2D eigenvalue weighted by Gasteiger charge is -2.02. The Balaban J connectivity index is 2.10. The van der Waals surface area contributed by atoms with E-state index in [1.807, 2.05) is 0 Å². The van der Waals surface area contributed by atoms with Crippen molar-refractivity contribution in [3.05, 3.63) is 50.9 Å². The lowest BCUT2D eigenvalue weighted by molar-refractivity contribution is 0.102. The van der Waals surface area contributed by atoms with Gasteiger partial charge in [0.15, 0.2) is 0 Å². The minimum absolute atomic E-state index is 0.200. The van der Waals surface area contributed by atoms with Gasteiger partial charge in [-0.3, -0.25) is 4.79 Å². The van der Waals surface area contributed by atoms with Crippen LogP contribution in [0.15, 0.2) is 39.5 Å². The molecule has 1 aromatic carbocycles. The predicted molar refractivity (Wildman–Crippen MR) is 66.4 cm³/mol. The van der Waals surface area contributed by atoms with Crippen LogP contribution in [-0.2, 0) is 0 Å². The molecule has 16 heavy (non-hydrogen) atoms. The van der Waals surface area contributed by atoms with E-state index in [1.165, 1.54) is 35.6 Å². The van der Waals surface area contributed by atoms with E-state index < -0.39 is 0 Å². The van der Waals surface area contributed by atoms with E-state index in [2.05, 4.69) is 21.2 Å². The molecule has 0 bridgehead atoms. The van der Waals surface area contributed by atoms with E-state index in [-0.39, 0.29) is 11.7 Å². The normalized spacial score (nSPS) is 10.1. The fourth-order valence-electron chi connectivity index (χ4n) is 1.17. The fraction of sp³-hybridized carbons (Fsp3) is 0. The monoisotopic (exact) mass is 299 g/mol. The highest BCUT2D eigenvalue weighted by Gasteiger charge is 2.07. The van der Waals surface area contributed by atoms with Gasteiger partial charge in [0, 0.05) is 11.1 Å². The zero-order chi connectivity index (χ0) is 11.5. The number of hydrogen-bond acceptors (Lipinski definition) is 2. The molecular weight excluding hydrogens is 293 g/mol. The van der Waals surface area contributed by atoms with Crippen molar-refractivity contribution in [2.24, 2.45) is 0 Å². The maximum absolute atomic E-state index is 12.6. The molecule has 82 valence electrons. The van der Waals surface area contributed by atoms with E-state index in [0.717, 1.165) is 3.79 Å². The van der Waals surface area contributed by atoms with Crippen molar-refractivity contribution in [2.45, 2.75) is 0 Å². The van der Waals surface area contributed by atoms with E-state index in [0.29, 0.717) is 11.3 Å². The highest BCUT2D eigenvalue weighted by Crippen LogP contribution is 2.21. The molecule has 0 spiro atoms. The van der Waals surface area contributed by atoms with Crippen LogP contribution < -0.4 is 5.32 Å². The smallest absolute Gasteiger partial charge is 0.256 e. The number of rotatable bonds is 2. The van der Waals surface area contributed by atoms with Crippen LogP contribution in [0, 0.1) is 5.82 Å². The Kier molecular flexibility index (Phi) is 3.36. The summed E-state index contributed by atoms with van der Waals surface area (Å²) in [5, 5.41) is 4.43. The van der Waals surface area contributed by atoms with Gasteiger partial charge < -0.3 is 5.32 Å². The summed E-state index contributed by atoms with van der Waals surface area (Å²) in [4.78, 5) is 11.7. The van der Waals surface area contributed by atoms with E-state index >= 15 is 0 Å². The highest BCUT2D eigenvalue weighted by molar-refractivity contribution is 9.11. The topological polar surface area (TPSA) is 29.1 Å². The number of carbonyl (C=O) groups is 1. The van der Waals surface area contributed by atoms with Crippen LogP contribution in [0.2, 0.25) is 0 Å². The van der Waals surface area contributed by atoms with Crippen molar-refractivity contribution >= 4 is 38.9 Å². The average molecular weight is 300 g/mol. The van der Waals surface area contributed by atoms with Gasteiger partial charge in [0.25, 0.3) is 5.91 Å². The number of hydrogen-bond donors (Lipinski definition) is 1. The van der Waals surface area contributed by atoms with Gasteiger partial charge in [0.2, 0.25) is 0 Å². The van der Waals surface area contributed by atoms with Gasteiger partial charge in [-0.2, -0.15) is 0 Å². The number of amides is 1. The summed E-state index contributed by atoms with van der Waals surface area (Å²) in [5.41, 5.74) is 1.16. The summed E-state index contributed by atoms with van der Waals surface area (Å²) >= 11 is 4.73. The Morgan fingerprint density at radius 2 is 2.00 bits per heavy atom. The minimum atomic E-state index is -0.323. The zero-order valence-electron chi connectivity index (χ0n) is 8.04. The summed E-state index contributed by atoms with van der Waals surface area (Å²) in [5.74, 6) is -0.523. The molecule has 5 heteroatoms. The number of benzene rings is 1. The molecule has 2 rings (SSSR count). The molecule has 1 heterocycles. The molecule has 0 saturated carbocycles. The molecule has 2 aromatic rings. The first-order chi connectivity index (χ1) is 7.65. The third-order valence-electron chi connectivity index (χ3n) is 1.93. The van der Waals surface area contributed by atoms with Gasteiger partial charge in [0.05, 0.1) is 9.35 Å². The summed E-state index contributed by atoms with van der Waals surface area (Å²) in [6.07, 6.45) is 0. The van der Waals surface area contributed by atoms with Crippen molar-refractivity contribution in [1.82, 2.24) is 0 Å². The van der Waals surface area contributed by atoms with Crippen molar-refractivity contribution in [1.29, 1.82) is 0 Å². The maximum atomic E-state index is 12.6. The first-order valence-corrected chi connectivity index (χ1v) is 6.13. The quantitative estimate of drug-likeness (QED) is 0.895. The van der Waals surface area contributed by atoms with Gasteiger partial charge in [-0.1, -0.05) is 0 Å². The summed E-state index contributed by atoms with van der Waals surface area (Å²) in [7, 11) is 0. The third-order valence-corrected chi connectivity index (χ3v) is 3.44. The van der Waals surface area contributed by atoms with Gasteiger partial charge in [0.1, 0.15) is 5.82 Å².